The van der Waals surface area contributed by atoms with Crippen molar-refractivity contribution in [2.75, 3.05) is 23.7 Å². The summed E-state index contributed by atoms with van der Waals surface area (Å²) in [6.07, 6.45) is 5.04. The van der Waals surface area contributed by atoms with E-state index in [9.17, 15) is 9.59 Å². The first-order chi connectivity index (χ1) is 11.6. The van der Waals surface area contributed by atoms with Crippen molar-refractivity contribution in [1.82, 2.24) is 4.90 Å². The summed E-state index contributed by atoms with van der Waals surface area (Å²) in [4.78, 5) is 26.2. The highest BCUT2D eigenvalue weighted by Gasteiger charge is 2.20. The van der Waals surface area contributed by atoms with Crippen molar-refractivity contribution in [3.8, 4) is 0 Å². The zero-order valence-electron chi connectivity index (χ0n) is 13.6. The van der Waals surface area contributed by atoms with E-state index in [-0.39, 0.29) is 11.9 Å². The third-order valence-electron chi connectivity index (χ3n) is 4.10. The number of hydrogen-bond acceptors (Lipinski definition) is 3. The molecule has 2 heterocycles. The van der Waals surface area contributed by atoms with Crippen LogP contribution >= 0.6 is 0 Å². The van der Waals surface area contributed by atoms with Crippen LogP contribution < -0.4 is 10.6 Å². The van der Waals surface area contributed by atoms with Gasteiger partial charge in [0, 0.05) is 24.5 Å². The Morgan fingerprint density at radius 2 is 2.00 bits per heavy atom. The Morgan fingerprint density at radius 3 is 2.71 bits per heavy atom. The number of urea groups is 1. The van der Waals surface area contributed by atoms with E-state index in [1.165, 1.54) is 18.9 Å². The number of piperidine rings is 1. The Morgan fingerprint density at radius 1 is 1.21 bits per heavy atom. The van der Waals surface area contributed by atoms with E-state index in [4.69, 9.17) is 4.42 Å². The number of benzene rings is 1. The number of furan rings is 1. The van der Waals surface area contributed by atoms with Gasteiger partial charge in [-0.05, 0) is 43.0 Å². The van der Waals surface area contributed by atoms with Crippen LogP contribution in [-0.4, -0.2) is 29.9 Å². The fraction of sp³-hybridized carbons (Fsp3) is 0.333. The van der Waals surface area contributed by atoms with Gasteiger partial charge in [0.1, 0.15) is 6.26 Å². The lowest BCUT2D eigenvalue weighted by atomic mass is 10.0. The summed E-state index contributed by atoms with van der Waals surface area (Å²) in [5, 5.41) is 5.68. The molecule has 0 saturated carbocycles. The van der Waals surface area contributed by atoms with E-state index in [0.717, 1.165) is 19.5 Å². The number of carbonyl (C=O) groups excluding carboxylic acids is 2. The zero-order chi connectivity index (χ0) is 16.9. The Kier molecular flexibility index (Phi) is 4.84. The topological polar surface area (TPSA) is 74.6 Å². The molecule has 0 spiro atoms. The summed E-state index contributed by atoms with van der Waals surface area (Å²) < 4.78 is 4.90. The maximum atomic E-state index is 12.3. The van der Waals surface area contributed by atoms with Crippen LogP contribution in [0, 0.1) is 5.92 Å². The second kappa shape index (κ2) is 7.21. The van der Waals surface area contributed by atoms with Gasteiger partial charge in [-0.2, -0.15) is 0 Å². The standard InChI is InChI=1S/C18H21N3O3/c1-13-4-3-8-21(11-13)18(23)20-16-6-2-5-15(10-16)19-17(22)14-7-9-24-12-14/h2,5-7,9-10,12-13H,3-4,8,11H2,1H3,(H,19,22)(H,20,23)/t13-/m0/s1. The highest BCUT2D eigenvalue weighted by Crippen LogP contribution is 2.19. The van der Waals surface area contributed by atoms with Gasteiger partial charge in [-0.15, -0.1) is 0 Å². The van der Waals surface area contributed by atoms with E-state index >= 15 is 0 Å². The molecule has 2 aromatic rings. The summed E-state index contributed by atoms with van der Waals surface area (Å²) in [5.74, 6) is 0.280. The first kappa shape index (κ1) is 16.1. The zero-order valence-corrected chi connectivity index (χ0v) is 13.6. The van der Waals surface area contributed by atoms with E-state index in [2.05, 4.69) is 17.6 Å². The number of likely N-dealkylation sites (tertiary alicyclic amines) is 1. The molecule has 0 radical (unpaired) electrons. The number of amides is 3. The number of anilines is 2. The fourth-order valence-electron chi connectivity index (χ4n) is 2.85. The summed E-state index contributed by atoms with van der Waals surface area (Å²) >= 11 is 0. The molecule has 0 aliphatic carbocycles. The van der Waals surface area contributed by atoms with E-state index in [1.807, 2.05) is 4.90 Å². The molecule has 6 heteroatoms. The second-order valence-electron chi connectivity index (χ2n) is 6.17. The van der Waals surface area contributed by atoms with Gasteiger partial charge in [0.05, 0.1) is 11.8 Å². The predicted octanol–water partition coefficient (Wildman–Crippen LogP) is 3.80. The molecule has 0 bridgehead atoms. The van der Waals surface area contributed by atoms with Crippen molar-refractivity contribution in [3.63, 3.8) is 0 Å². The van der Waals surface area contributed by atoms with Crippen LogP contribution in [0.4, 0.5) is 16.2 Å². The minimum atomic E-state index is -0.253. The maximum Gasteiger partial charge on any atom is 0.321 e. The first-order valence-electron chi connectivity index (χ1n) is 8.11. The minimum absolute atomic E-state index is 0.0974. The lowest BCUT2D eigenvalue weighted by Crippen LogP contribution is -2.41. The van der Waals surface area contributed by atoms with Crippen LogP contribution in [0.5, 0.6) is 0 Å². The predicted molar refractivity (Wildman–Crippen MR) is 92.1 cm³/mol. The lowest BCUT2D eigenvalue weighted by Gasteiger charge is -2.31. The largest absolute Gasteiger partial charge is 0.472 e. The Balaban J connectivity index is 1.62. The molecular weight excluding hydrogens is 306 g/mol. The molecule has 24 heavy (non-hydrogen) atoms. The van der Waals surface area contributed by atoms with Crippen LogP contribution in [0.1, 0.15) is 30.1 Å². The minimum Gasteiger partial charge on any atom is -0.472 e. The summed E-state index contributed by atoms with van der Waals surface area (Å²) in [7, 11) is 0. The number of rotatable bonds is 3. The molecule has 1 aromatic heterocycles. The van der Waals surface area contributed by atoms with Crippen molar-refractivity contribution >= 4 is 23.3 Å². The number of hydrogen-bond donors (Lipinski definition) is 2. The monoisotopic (exact) mass is 327 g/mol. The normalized spacial score (nSPS) is 17.4. The van der Waals surface area contributed by atoms with Gasteiger partial charge >= 0.3 is 6.03 Å². The molecular formula is C18H21N3O3. The molecule has 1 aliphatic rings. The average Bonchev–Trinajstić information content (AvgIpc) is 3.10. The fourth-order valence-corrected chi connectivity index (χ4v) is 2.85. The number of nitrogens with one attached hydrogen (secondary N) is 2. The molecule has 2 N–H and O–H groups in total. The summed E-state index contributed by atoms with van der Waals surface area (Å²) in [6, 6.07) is 8.61. The molecule has 0 unspecified atom stereocenters. The summed E-state index contributed by atoms with van der Waals surface area (Å²) in [5.41, 5.74) is 1.72. The van der Waals surface area contributed by atoms with Crippen molar-refractivity contribution in [1.29, 1.82) is 0 Å². The third kappa shape index (κ3) is 3.95. The van der Waals surface area contributed by atoms with Crippen molar-refractivity contribution in [2.45, 2.75) is 19.8 Å². The molecule has 1 saturated heterocycles. The van der Waals surface area contributed by atoms with Gasteiger partial charge in [0.15, 0.2) is 0 Å². The molecule has 1 aliphatic heterocycles. The van der Waals surface area contributed by atoms with Crippen molar-refractivity contribution in [2.24, 2.45) is 5.92 Å². The van der Waals surface area contributed by atoms with Crippen molar-refractivity contribution < 1.29 is 14.0 Å². The molecule has 3 rings (SSSR count). The van der Waals surface area contributed by atoms with Crippen LogP contribution in [0.3, 0.4) is 0 Å². The van der Waals surface area contributed by atoms with Crippen LogP contribution in [0.2, 0.25) is 0 Å². The Labute approximate surface area is 140 Å². The van der Waals surface area contributed by atoms with Crippen molar-refractivity contribution in [3.05, 3.63) is 48.4 Å². The van der Waals surface area contributed by atoms with Gasteiger partial charge in [-0.1, -0.05) is 13.0 Å². The lowest BCUT2D eigenvalue weighted by molar-refractivity contribution is 0.102. The van der Waals surface area contributed by atoms with Gasteiger partial charge < -0.3 is 20.0 Å². The van der Waals surface area contributed by atoms with Gasteiger partial charge in [-0.25, -0.2) is 4.79 Å². The second-order valence-corrected chi connectivity index (χ2v) is 6.17. The highest BCUT2D eigenvalue weighted by molar-refractivity contribution is 6.04. The van der Waals surface area contributed by atoms with E-state index in [0.29, 0.717) is 22.9 Å². The number of nitrogens with zero attached hydrogens (tertiary/aromatic N) is 1. The van der Waals surface area contributed by atoms with Gasteiger partial charge in [0.2, 0.25) is 0 Å². The average molecular weight is 327 g/mol. The van der Waals surface area contributed by atoms with Crippen LogP contribution in [0.25, 0.3) is 0 Å². The van der Waals surface area contributed by atoms with E-state index < -0.39 is 0 Å². The van der Waals surface area contributed by atoms with Gasteiger partial charge in [0.25, 0.3) is 5.91 Å². The molecule has 6 nitrogen and oxygen atoms in total. The van der Waals surface area contributed by atoms with E-state index in [1.54, 1.807) is 30.3 Å². The molecule has 126 valence electrons. The van der Waals surface area contributed by atoms with Gasteiger partial charge in [-0.3, -0.25) is 4.79 Å². The van der Waals surface area contributed by atoms with Crippen LogP contribution in [-0.2, 0) is 0 Å². The molecule has 1 atom stereocenters. The summed E-state index contributed by atoms with van der Waals surface area (Å²) in [6.45, 7) is 3.72. The maximum absolute atomic E-state index is 12.3. The smallest absolute Gasteiger partial charge is 0.321 e. The highest BCUT2D eigenvalue weighted by atomic mass is 16.3. The first-order valence-corrected chi connectivity index (χ1v) is 8.11. The molecule has 3 amide bonds. The van der Waals surface area contributed by atoms with Crippen LogP contribution in [0.15, 0.2) is 47.3 Å². The molecule has 1 aromatic carbocycles. The SMILES string of the molecule is C[C@H]1CCCN(C(=O)Nc2cccc(NC(=O)c3ccoc3)c2)C1. The third-order valence-corrected chi connectivity index (χ3v) is 4.10. The Hall–Kier alpha value is -2.76. The number of carbonyl (C=O) groups is 2. The Bertz CT molecular complexity index is 712. The quantitative estimate of drug-likeness (QED) is 0.900. The molecule has 1 fully saturated rings.